The van der Waals surface area contributed by atoms with Gasteiger partial charge >= 0.3 is 0 Å². The van der Waals surface area contributed by atoms with E-state index in [0.29, 0.717) is 13.2 Å². The van der Waals surface area contributed by atoms with Crippen LogP contribution in [0.25, 0.3) is 0 Å². The number of ether oxygens (including phenoxy) is 1. The molecule has 0 aromatic heterocycles. The first-order chi connectivity index (χ1) is 6.88. The van der Waals surface area contributed by atoms with Crippen LogP contribution in [0.3, 0.4) is 0 Å². The number of aliphatic hydroxyl groups excluding tert-OH is 1. The van der Waals surface area contributed by atoms with Crippen molar-refractivity contribution in [3.05, 3.63) is 0 Å². The maximum absolute atomic E-state index is 10.5. The second-order valence-electron chi connectivity index (χ2n) is 3.53. The molecule has 0 aromatic rings. The van der Waals surface area contributed by atoms with E-state index in [4.69, 9.17) is 9.29 Å². The van der Waals surface area contributed by atoms with Crippen molar-refractivity contribution in [1.82, 2.24) is 5.06 Å². The largest absolute Gasteiger partial charge is 0.392 e. The summed E-state index contributed by atoms with van der Waals surface area (Å²) in [5.74, 6) is -0.725. The molecule has 1 rings (SSSR count). The number of hydrogen-bond acceptors (Lipinski definition) is 6. The minimum Gasteiger partial charge on any atom is -0.392 e. The van der Waals surface area contributed by atoms with Gasteiger partial charge in [-0.05, 0) is 6.42 Å². The Balaban J connectivity index is 2.39. The predicted molar refractivity (Wildman–Crippen MR) is 50.1 cm³/mol. The lowest BCUT2D eigenvalue weighted by Gasteiger charge is -2.31. The quantitative estimate of drug-likeness (QED) is 0.526. The summed E-state index contributed by atoms with van der Waals surface area (Å²) in [6, 6.07) is -0.435. The number of hydroxylamine groups is 2. The number of nitrogens with zero attached hydrogens (tertiary/aromatic N) is 1. The average Bonchev–Trinajstić information content (AvgIpc) is 2.05. The Morgan fingerprint density at radius 1 is 1.53 bits per heavy atom. The van der Waals surface area contributed by atoms with E-state index in [0.717, 1.165) is 5.06 Å². The van der Waals surface area contributed by atoms with E-state index in [1.54, 1.807) is 0 Å². The summed E-state index contributed by atoms with van der Waals surface area (Å²) >= 11 is 0. The van der Waals surface area contributed by atoms with Crippen LogP contribution in [0.2, 0.25) is 0 Å². The highest BCUT2D eigenvalue weighted by Crippen LogP contribution is 2.11. The van der Waals surface area contributed by atoms with Crippen molar-refractivity contribution < 1.29 is 28.0 Å². The first kappa shape index (κ1) is 12.8. The molecule has 1 aliphatic rings. The molecule has 1 heterocycles. The second kappa shape index (κ2) is 5.19. The molecule has 3 N–H and O–H groups in total. The zero-order chi connectivity index (χ0) is 11.5. The van der Waals surface area contributed by atoms with Crippen LogP contribution in [-0.4, -0.2) is 66.0 Å². The minimum atomic E-state index is -4.18. The number of hydrogen-bond donors (Lipinski definition) is 3. The highest BCUT2D eigenvalue weighted by atomic mass is 32.2. The molecule has 8 heteroatoms. The smallest absolute Gasteiger partial charge is 0.267 e. The van der Waals surface area contributed by atoms with E-state index in [9.17, 15) is 18.7 Å². The van der Waals surface area contributed by atoms with E-state index in [2.05, 4.69) is 0 Å². The molecule has 1 aliphatic heterocycles. The Morgan fingerprint density at radius 2 is 2.20 bits per heavy atom. The third kappa shape index (κ3) is 4.87. The first-order valence-corrected chi connectivity index (χ1v) is 6.16. The predicted octanol–water partition coefficient (Wildman–Crippen LogP) is -1.28. The highest BCUT2D eigenvalue weighted by Gasteiger charge is 2.26. The Kier molecular flexibility index (Phi) is 4.44. The standard InChI is InChI=1S/C7H15NO6S/c9-7(5-15(11,12)13)3-6-4-14-2-1-8(6)10/h6-7,9-10H,1-5H2,(H,11,12,13). The molecule has 0 amide bonds. The van der Waals surface area contributed by atoms with Crippen LogP contribution in [0.1, 0.15) is 6.42 Å². The van der Waals surface area contributed by atoms with Crippen LogP contribution in [-0.2, 0) is 14.9 Å². The maximum atomic E-state index is 10.5. The fourth-order valence-corrected chi connectivity index (χ4v) is 2.08. The van der Waals surface area contributed by atoms with E-state index in [1.807, 2.05) is 0 Å². The normalized spacial score (nSPS) is 26.5. The molecule has 0 aromatic carbocycles. The Bertz CT molecular complexity index is 292. The Morgan fingerprint density at radius 3 is 2.73 bits per heavy atom. The van der Waals surface area contributed by atoms with Gasteiger partial charge in [0.05, 0.1) is 25.4 Å². The summed E-state index contributed by atoms with van der Waals surface area (Å²) in [6.07, 6.45) is -1.17. The van der Waals surface area contributed by atoms with E-state index < -0.39 is 28.0 Å². The number of morpholine rings is 1. The fraction of sp³-hybridized carbons (Fsp3) is 1.00. The number of rotatable bonds is 4. The van der Waals surface area contributed by atoms with Crippen molar-refractivity contribution in [3.63, 3.8) is 0 Å². The zero-order valence-electron chi connectivity index (χ0n) is 8.11. The third-order valence-corrected chi connectivity index (χ3v) is 2.95. The summed E-state index contributed by atoms with van der Waals surface area (Å²) in [6.45, 7) is 0.962. The third-order valence-electron chi connectivity index (χ3n) is 2.14. The van der Waals surface area contributed by atoms with Gasteiger partial charge in [0, 0.05) is 6.54 Å². The summed E-state index contributed by atoms with van der Waals surface area (Å²) in [5.41, 5.74) is 0. The van der Waals surface area contributed by atoms with Crippen LogP contribution in [0.15, 0.2) is 0 Å². The van der Waals surface area contributed by atoms with E-state index in [1.165, 1.54) is 0 Å². The van der Waals surface area contributed by atoms with Gasteiger partial charge in [-0.3, -0.25) is 4.55 Å². The van der Waals surface area contributed by atoms with Crippen LogP contribution in [0.4, 0.5) is 0 Å². The summed E-state index contributed by atoms with van der Waals surface area (Å²) in [7, 11) is -4.18. The van der Waals surface area contributed by atoms with Crippen molar-refractivity contribution in [2.24, 2.45) is 0 Å². The fourth-order valence-electron chi connectivity index (χ4n) is 1.46. The van der Waals surface area contributed by atoms with Gasteiger partial charge in [0.1, 0.15) is 5.75 Å². The Labute approximate surface area is 88.0 Å². The number of aliphatic hydroxyl groups is 1. The topological polar surface area (TPSA) is 107 Å². The highest BCUT2D eigenvalue weighted by molar-refractivity contribution is 7.85. The van der Waals surface area contributed by atoms with Crippen molar-refractivity contribution in [3.8, 4) is 0 Å². The maximum Gasteiger partial charge on any atom is 0.267 e. The first-order valence-electron chi connectivity index (χ1n) is 4.55. The molecule has 90 valence electrons. The molecule has 0 saturated carbocycles. The molecule has 2 unspecified atom stereocenters. The lowest BCUT2D eigenvalue weighted by atomic mass is 10.1. The van der Waals surface area contributed by atoms with Crippen molar-refractivity contribution in [2.45, 2.75) is 18.6 Å². The van der Waals surface area contributed by atoms with E-state index >= 15 is 0 Å². The van der Waals surface area contributed by atoms with E-state index in [-0.39, 0.29) is 13.0 Å². The monoisotopic (exact) mass is 241 g/mol. The van der Waals surface area contributed by atoms with Crippen LogP contribution >= 0.6 is 0 Å². The summed E-state index contributed by atoms with van der Waals surface area (Å²) < 4.78 is 34.5. The van der Waals surface area contributed by atoms with Crippen molar-refractivity contribution >= 4 is 10.1 Å². The molecule has 0 spiro atoms. The van der Waals surface area contributed by atoms with Crippen LogP contribution < -0.4 is 0 Å². The summed E-state index contributed by atoms with van der Waals surface area (Å²) in [5, 5.41) is 19.7. The van der Waals surface area contributed by atoms with Gasteiger partial charge in [-0.25, -0.2) is 0 Å². The minimum absolute atomic E-state index is 0.0380. The average molecular weight is 241 g/mol. The zero-order valence-corrected chi connectivity index (χ0v) is 8.93. The van der Waals surface area contributed by atoms with Gasteiger partial charge in [0.2, 0.25) is 0 Å². The van der Waals surface area contributed by atoms with Gasteiger partial charge in [-0.2, -0.15) is 13.5 Å². The Hall–Kier alpha value is -0.250. The van der Waals surface area contributed by atoms with Gasteiger partial charge in [-0.1, -0.05) is 0 Å². The lowest BCUT2D eigenvalue weighted by molar-refractivity contribution is -0.186. The second-order valence-corrected chi connectivity index (χ2v) is 5.03. The molecule has 15 heavy (non-hydrogen) atoms. The van der Waals surface area contributed by atoms with Crippen molar-refractivity contribution in [2.75, 3.05) is 25.5 Å². The molecule has 7 nitrogen and oxygen atoms in total. The van der Waals surface area contributed by atoms with Gasteiger partial charge in [0.25, 0.3) is 10.1 Å². The molecule has 2 atom stereocenters. The molecule has 1 saturated heterocycles. The molecule has 1 fully saturated rings. The van der Waals surface area contributed by atoms with Gasteiger partial charge in [-0.15, -0.1) is 0 Å². The molecule has 0 radical (unpaired) electrons. The summed E-state index contributed by atoms with van der Waals surface area (Å²) in [4.78, 5) is 0. The molecule has 0 aliphatic carbocycles. The molecular formula is C7H15NO6S. The molecular weight excluding hydrogens is 226 g/mol. The van der Waals surface area contributed by atoms with Gasteiger partial charge in [0.15, 0.2) is 0 Å². The van der Waals surface area contributed by atoms with Crippen LogP contribution in [0.5, 0.6) is 0 Å². The SMILES string of the molecule is O=S(=O)(O)CC(O)CC1COCCN1O. The van der Waals surface area contributed by atoms with Crippen LogP contribution in [0, 0.1) is 0 Å². The lowest BCUT2D eigenvalue weighted by Crippen LogP contribution is -2.45. The van der Waals surface area contributed by atoms with Crippen molar-refractivity contribution in [1.29, 1.82) is 0 Å². The molecule has 0 bridgehead atoms. The van der Waals surface area contributed by atoms with Gasteiger partial charge < -0.3 is 15.1 Å².